The summed E-state index contributed by atoms with van der Waals surface area (Å²) in [6, 6.07) is 9.58. The predicted molar refractivity (Wildman–Crippen MR) is 121 cm³/mol. The zero-order valence-electron chi connectivity index (χ0n) is 17.9. The van der Waals surface area contributed by atoms with Crippen molar-refractivity contribution in [1.82, 2.24) is 19.3 Å². The minimum Gasteiger partial charge on any atom is -0.383 e. The van der Waals surface area contributed by atoms with Gasteiger partial charge in [0.15, 0.2) is 5.69 Å². The van der Waals surface area contributed by atoms with Crippen LogP contribution in [0.4, 0.5) is 11.5 Å². The Morgan fingerprint density at radius 2 is 1.90 bits per heavy atom. The summed E-state index contributed by atoms with van der Waals surface area (Å²) in [6.07, 6.45) is 5.67. The molecule has 9 heteroatoms. The Morgan fingerprint density at radius 3 is 2.58 bits per heavy atom. The van der Waals surface area contributed by atoms with E-state index in [1.807, 2.05) is 44.2 Å². The van der Waals surface area contributed by atoms with Crippen molar-refractivity contribution in [2.75, 3.05) is 17.2 Å². The van der Waals surface area contributed by atoms with Crippen LogP contribution in [0.1, 0.15) is 38.7 Å². The van der Waals surface area contributed by atoms with Gasteiger partial charge in [0, 0.05) is 19.3 Å². The van der Waals surface area contributed by atoms with Crippen molar-refractivity contribution in [2.24, 2.45) is 0 Å². The van der Waals surface area contributed by atoms with Gasteiger partial charge in [-0.1, -0.05) is 38.5 Å². The normalized spacial score (nSPS) is 10.9. The largest absolute Gasteiger partial charge is 0.383 e. The molecule has 2 aromatic heterocycles. The van der Waals surface area contributed by atoms with Crippen molar-refractivity contribution in [2.45, 2.75) is 46.1 Å². The van der Waals surface area contributed by atoms with Gasteiger partial charge < -0.3 is 10.6 Å². The molecule has 0 aliphatic heterocycles. The number of H-pyrrole nitrogens is 1. The Balaban J connectivity index is 1.92. The lowest BCUT2D eigenvalue weighted by Gasteiger charge is -2.24. The fourth-order valence-electron chi connectivity index (χ4n) is 3.40. The monoisotopic (exact) mass is 424 g/mol. The third-order valence-corrected chi connectivity index (χ3v) is 4.98. The van der Waals surface area contributed by atoms with Crippen LogP contribution in [0.3, 0.4) is 0 Å². The first-order chi connectivity index (χ1) is 15.0. The first-order valence-electron chi connectivity index (χ1n) is 10.5. The Bertz CT molecular complexity index is 1150. The molecule has 0 saturated carbocycles. The van der Waals surface area contributed by atoms with E-state index < -0.39 is 11.2 Å². The van der Waals surface area contributed by atoms with E-state index in [1.54, 1.807) is 17.1 Å². The number of aromatic amines is 1. The number of hydrogen-bond donors (Lipinski definition) is 2. The highest BCUT2D eigenvalue weighted by molar-refractivity contribution is 5.96. The summed E-state index contributed by atoms with van der Waals surface area (Å²) in [7, 11) is 0. The zero-order chi connectivity index (χ0) is 22.4. The fraction of sp³-hybridized carbons (Fsp3) is 0.364. The van der Waals surface area contributed by atoms with E-state index in [0.29, 0.717) is 31.5 Å². The number of carbonyl (C=O) groups is 1. The molecule has 0 bridgehead atoms. The van der Waals surface area contributed by atoms with Gasteiger partial charge in [-0.25, -0.2) is 9.48 Å². The average Bonchev–Trinajstić information content (AvgIpc) is 3.22. The third kappa shape index (κ3) is 4.93. The Labute approximate surface area is 180 Å². The maximum absolute atomic E-state index is 13.2. The molecule has 2 heterocycles. The van der Waals surface area contributed by atoms with Gasteiger partial charge in [-0.3, -0.25) is 19.1 Å². The third-order valence-electron chi connectivity index (χ3n) is 4.98. The van der Waals surface area contributed by atoms with Crippen LogP contribution in [-0.4, -0.2) is 31.8 Å². The molecule has 3 N–H and O–H groups in total. The lowest BCUT2D eigenvalue weighted by molar-refractivity contribution is -0.118. The summed E-state index contributed by atoms with van der Waals surface area (Å²) in [4.78, 5) is 41.7. The molecule has 0 fully saturated rings. The SMILES string of the molecule is CCCCN(C(=O)Cc1cnn(-c2ccccc2)c1)c1c(N)n(CCC)c(=O)[nH]c1=O. The first-order valence-corrected chi connectivity index (χ1v) is 10.5. The molecular formula is C22H28N6O3. The van der Waals surface area contributed by atoms with Crippen molar-refractivity contribution in [3.05, 3.63) is 69.1 Å². The Kier molecular flexibility index (Phi) is 7.07. The molecule has 0 aliphatic rings. The van der Waals surface area contributed by atoms with Crippen LogP contribution in [0.2, 0.25) is 0 Å². The standard InChI is InChI=1S/C22H28N6O3/c1-3-5-12-26(19-20(23)27(11-4-2)22(31)25-21(19)30)18(29)13-16-14-24-28(15-16)17-9-7-6-8-10-17/h6-10,14-15H,3-5,11-13,23H2,1-2H3,(H,25,30,31). The van der Waals surface area contributed by atoms with Gasteiger partial charge in [0.1, 0.15) is 5.82 Å². The second kappa shape index (κ2) is 9.92. The molecule has 31 heavy (non-hydrogen) atoms. The van der Waals surface area contributed by atoms with E-state index in [1.165, 1.54) is 9.47 Å². The molecule has 9 nitrogen and oxygen atoms in total. The van der Waals surface area contributed by atoms with Crippen molar-refractivity contribution < 1.29 is 4.79 Å². The number of para-hydroxylation sites is 1. The molecule has 0 radical (unpaired) electrons. The highest BCUT2D eigenvalue weighted by Crippen LogP contribution is 2.19. The van der Waals surface area contributed by atoms with E-state index >= 15 is 0 Å². The molecular weight excluding hydrogens is 396 g/mol. The van der Waals surface area contributed by atoms with Crippen LogP contribution in [0.5, 0.6) is 0 Å². The maximum atomic E-state index is 13.2. The lowest BCUT2D eigenvalue weighted by Crippen LogP contribution is -2.42. The number of nitrogens with zero attached hydrogens (tertiary/aromatic N) is 4. The number of hydrogen-bond acceptors (Lipinski definition) is 5. The zero-order valence-corrected chi connectivity index (χ0v) is 17.9. The summed E-state index contributed by atoms with van der Waals surface area (Å²) in [5.74, 6) is -0.264. The van der Waals surface area contributed by atoms with Gasteiger partial charge in [-0.05, 0) is 30.5 Å². The summed E-state index contributed by atoms with van der Waals surface area (Å²) in [5, 5.41) is 4.33. The topological polar surface area (TPSA) is 119 Å². The number of nitrogens with one attached hydrogen (secondary N) is 1. The lowest BCUT2D eigenvalue weighted by atomic mass is 10.2. The summed E-state index contributed by atoms with van der Waals surface area (Å²) < 4.78 is 3.00. The second-order valence-electron chi connectivity index (χ2n) is 7.35. The molecule has 0 saturated heterocycles. The molecule has 164 valence electrons. The minimum atomic E-state index is -0.653. The van der Waals surface area contributed by atoms with Gasteiger partial charge in [-0.2, -0.15) is 5.10 Å². The van der Waals surface area contributed by atoms with E-state index in [-0.39, 0.29) is 23.8 Å². The van der Waals surface area contributed by atoms with Crippen molar-refractivity contribution in [3.8, 4) is 5.69 Å². The molecule has 0 aliphatic carbocycles. The van der Waals surface area contributed by atoms with Crippen LogP contribution in [0.15, 0.2) is 52.3 Å². The number of amides is 1. The molecule has 1 aromatic carbocycles. The Hall–Kier alpha value is -3.62. The first kappa shape index (κ1) is 22.1. The maximum Gasteiger partial charge on any atom is 0.330 e. The number of nitrogen functional groups attached to an aromatic ring is 1. The number of benzene rings is 1. The molecule has 1 amide bonds. The van der Waals surface area contributed by atoms with Crippen LogP contribution in [-0.2, 0) is 17.8 Å². The quantitative estimate of drug-likeness (QED) is 0.545. The van der Waals surface area contributed by atoms with E-state index in [4.69, 9.17) is 5.73 Å². The molecule has 0 spiro atoms. The van der Waals surface area contributed by atoms with Crippen LogP contribution in [0, 0.1) is 0 Å². The number of unbranched alkanes of at least 4 members (excludes halogenated alkanes) is 1. The van der Waals surface area contributed by atoms with Crippen molar-refractivity contribution in [3.63, 3.8) is 0 Å². The second-order valence-corrected chi connectivity index (χ2v) is 7.35. The highest BCUT2D eigenvalue weighted by Gasteiger charge is 2.24. The van der Waals surface area contributed by atoms with Gasteiger partial charge >= 0.3 is 5.69 Å². The number of nitrogens with two attached hydrogens (primary N) is 1. The van der Waals surface area contributed by atoms with Crippen molar-refractivity contribution >= 4 is 17.4 Å². The molecule has 3 aromatic rings. The summed E-state index contributed by atoms with van der Waals surface area (Å²) in [5.41, 5.74) is 6.59. The molecule has 0 unspecified atom stereocenters. The van der Waals surface area contributed by atoms with Crippen LogP contribution >= 0.6 is 0 Å². The minimum absolute atomic E-state index is 0.0139. The fourth-order valence-corrected chi connectivity index (χ4v) is 3.40. The number of carbonyl (C=O) groups excluding carboxylic acids is 1. The van der Waals surface area contributed by atoms with Gasteiger partial charge in [0.25, 0.3) is 5.56 Å². The highest BCUT2D eigenvalue weighted by atomic mass is 16.2. The number of rotatable bonds is 9. The average molecular weight is 425 g/mol. The molecule has 0 atom stereocenters. The van der Waals surface area contributed by atoms with Crippen molar-refractivity contribution in [1.29, 1.82) is 0 Å². The van der Waals surface area contributed by atoms with Gasteiger partial charge in [-0.15, -0.1) is 0 Å². The van der Waals surface area contributed by atoms with E-state index in [9.17, 15) is 14.4 Å². The summed E-state index contributed by atoms with van der Waals surface area (Å²) >= 11 is 0. The van der Waals surface area contributed by atoms with E-state index in [0.717, 1.165) is 12.1 Å². The summed E-state index contributed by atoms with van der Waals surface area (Å²) in [6.45, 7) is 4.59. The van der Waals surface area contributed by atoms with Crippen LogP contribution < -0.4 is 21.9 Å². The molecule has 3 rings (SSSR count). The smallest absolute Gasteiger partial charge is 0.330 e. The number of aromatic nitrogens is 4. The van der Waals surface area contributed by atoms with Crippen LogP contribution in [0.25, 0.3) is 5.69 Å². The van der Waals surface area contributed by atoms with E-state index in [2.05, 4.69) is 10.1 Å². The Morgan fingerprint density at radius 1 is 1.16 bits per heavy atom. The van der Waals surface area contributed by atoms with Gasteiger partial charge in [0.2, 0.25) is 5.91 Å². The van der Waals surface area contributed by atoms with Gasteiger partial charge in [0.05, 0.1) is 18.3 Å². The predicted octanol–water partition coefficient (Wildman–Crippen LogP) is 2.09. The number of anilines is 2.